The van der Waals surface area contributed by atoms with Gasteiger partial charge >= 0.3 is 0 Å². The first kappa shape index (κ1) is 18.5. The quantitative estimate of drug-likeness (QED) is 0.314. The summed E-state index contributed by atoms with van der Waals surface area (Å²) >= 11 is 0. The number of rotatable bonds is 4. The maximum absolute atomic E-state index is 6.28. The average molecular weight is 412 g/mol. The van der Waals surface area contributed by atoms with E-state index in [1.54, 1.807) is 0 Å². The van der Waals surface area contributed by atoms with Crippen molar-refractivity contribution in [3.05, 3.63) is 121 Å². The van der Waals surface area contributed by atoms with Gasteiger partial charge in [-0.1, -0.05) is 109 Å². The van der Waals surface area contributed by atoms with Gasteiger partial charge in [0.1, 0.15) is 5.58 Å². The van der Waals surface area contributed by atoms with Crippen LogP contribution in [0.1, 0.15) is 0 Å². The fraction of sp³-hybridized carbons (Fsp3) is 0. The standard InChI is InChI=1S/C30H21NO/c1-3-11-21(12-4-1)23-16-9-17-24(22-13-5-2-6-14-22)29(23)31-27-19-10-18-26-25-15-7-8-20-28(25)32-30(26)27/h1-20,31H. The number of hydrogen-bond donors (Lipinski definition) is 1. The molecule has 0 fully saturated rings. The zero-order valence-electron chi connectivity index (χ0n) is 17.5. The third-order valence-corrected chi connectivity index (χ3v) is 5.90. The Bertz CT molecular complexity index is 1470. The van der Waals surface area contributed by atoms with E-state index in [1.807, 2.05) is 24.3 Å². The van der Waals surface area contributed by atoms with Crippen LogP contribution in [0.2, 0.25) is 0 Å². The Morgan fingerprint density at radius 1 is 0.469 bits per heavy atom. The molecule has 0 spiro atoms. The molecule has 0 aliphatic heterocycles. The summed E-state index contributed by atoms with van der Waals surface area (Å²) in [6, 6.07) is 41.9. The molecule has 2 nitrogen and oxygen atoms in total. The lowest BCUT2D eigenvalue weighted by molar-refractivity contribution is 0.670. The van der Waals surface area contributed by atoms with E-state index in [0.717, 1.165) is 44.4 Å². The van der Waals surface area contributed by atoms with Crippen LogP contribution in [0.15, 0.2) is 126 Å². The average Bonchev–Trinajstić information content (AvgIpc) is 3.25. The number of furan rings is 1. The summed E-state index contributed by atoms with van der Waals surface area (Å²) in [5, 5.41) is 5.99. The van der Waals surface area contributed by atoms with Crippen LogP contribution < -0.4 is 5.32 Å². The second kappa shape index (κ2) is 7.75. The van der Waals surface area contributed by atoms with Gasteiger partial charge in [-0.25, -0.2) is 0 Å². The van der Waals surface area contributed by atoms with Crippen molar-refractivity contribution in [2.24, 2.45) is 0 Å². The molecule has 32 heavy (non-hydrogen) atoms. The van der Waals surface area contributed by atoms with Crippen molar-refractivity contribution in [3.63, 3.8) is 0 Å². The summed E-state index contributed by atoms with van der Waals surface area (Å²) in [5.41, 5.74) is 8.44. The summed E-state index contributed by atoms with van der Waals surface area (Å²) in [7, 11) is 0. The first-order valence-corrected chi connectivity index (χ1v) is 10.8. The Balaban J connectivity index is 1.58. The first-order valence-electron chi connectivity index (χ1n) is 10.8. The largest absolute Gasteiger partial charge is 0.454 e. The van der Waals surface area contributed by atoms with Gasteiger partial charge in [-0.15, -0.1) is 0 Å². The highest BCUT2D eigenvalue weighted by molar-refractivity contribution is 6.10. The van der Waals surface area contributed by atoms with Crippen molar-refractivity contribution >= 4 is 33.3 Å². The zero-order valence-corrected chi connectivity index (χ0v) is 17.5. The number of benzene rings is 5. The van der Waals surface area contributed by atoms with Crippen molar-refractivity contribution in [3.8, 4) is 22.3 Å². The van der Waals surface area contributed by atoms with Crippen molar-refractivity contribution in [1.29, 1.82) is 0 Å². The molecule has 1 aromatic heterocycles. The predicted octanol–water partition coefficient (Wildman–Crippen LogP) is 8.66. The highest BCUT2D eigenvalue weighted by atomic mass is 16.3. The highest BCUT2D eigenvalue weighted by Crippen LogP contribution is 2.41. The van der Waals surface area contributed by atoms with Crippen LogP contribution in [0, 0.1) is 0 Å². The van der Waals surface area contributed by atoms with E-state index < -0.39 is 0 Å². The fourth-order valence-corrected chi connectivity index (χ4v) is 4.38. The number of hydrogen-bond acceptors (Lipinski definition) is 2. The van der Waals surface area contributed by atoms with Crippen LogP contribution in [0.25, 0.3) is 44.2 Å². The van der Waals surface area contributed by atoms with Crippen LogP contribution >= 0.6 is 0 Å². The van der Waals surface area contributed by atoms with Crippen molar-refractivity contribution in [2.45, 2.75) is 0 Å². The number of fused-ring (bicyclic) bond motifs is 3. The normalized spacial score (nSPS) is 11.1. The first-order chi connectivity index (χ1) is 15.9. The van der Waals surface area contributed by atoms with Gasteiger partial charge in [0.05, 0.1) is 11.4 Å². The molecule has 6 rings (SSSR count). The van der Waals surface area contributed by atoms with Gasteiger partial charge in [-0.3, -0.25) is 0 Å². The van der Waals surface area contributed by atoms with Gasteiger partial charge in [-0.2, -0.15) is 0 Å². The van der Waals surface area contributed by atoms with Gasteiger partial charge < -0.3 is 9.73 Å². The van der Waals surface area contributed by atoms with Gasteiger partial charge in [-0.05, 0) is 23.3 Å². The summed E-state index contributed by atoms with van der Waals surface area (Å²) in [6.07, 6.45) is 0. The highest BCUT2D eigenvalue weighted by Gasteiger charge is 2.15. The minimum Gasteiger partial charge on any atom is -0.454 e. The zero-order chi connectivity index (χ0) is 21.3. The molecular formula is C30H21NO. The van der Waals surface area contributed by atoms with Crippen LogP contribution in [0.5, 0.6) is 0 Å². The van der Waals surface area contributed by atoms with Crippen LogP contribution in [0.3, 0.4) is 0 Å². The molecule has 0 unspecified atom stereocenters. The second-order valence-corrected chi connectivity index (χ2v) is 7.87. The van der Waals surface area contributed by atoms with Crippen LogP contribution in [-0.4, -0.2) is 0 Å². The Labute approximate surface area is 186 Å². The van der Waals surface area contributed by atoms with E-state index in [-0.39, 0.29) is 0 Å². The van der Waals surface area contributed by atoms with Crippen molar-refractivity contribution in [2.75, 3.05) is 5.32 Å². The maximum Gasteiger partial charge on any atom is 0.158 e. The smallest absolute Gasteiger partial charge is 0.158 e. The van der Waals surface area contributed by atoms with Crippen LogP contribution in [0.4, 0.5) is 11.4 Å². The SMILES string of the molecule is c1ccc(-c2cccc(-c3ccccc3)c2Nc2cccc3c2oc2ccccc23)cc1. The third-order valence-electron chi connectivity index (χ3n) is 5.90. The van der Waals surface area contributed by atoms with E-state index in [0.29, 0.717) is 0 Å². The topological polar surface area (TPSA) is 25.2 Å². The van der Waals surface area contributed by atoms with Gasteiger partial charge in [0.15, 0.2) is 5.58 Å². The summed E-state index contributed by atoms with van der Waals surface area (Å²) in [4.78, 5) is 0. The van der Waals surface area contributed by atoms with Gasteiger partial charge in [0.2, 0.25) is 0 Å². The van der Waals surface area contributed by atoms with Crippen molar-refractivity contribution in [1.82, 2.24) is 0 Å². The Kier molecular flexibility index (Phi) is 4.47. The predicted molar refractivity (Wildman–Crippen MR) is 134 cm³/mol. The lowest BCUT2D eigenvalue weighted by atomic mass is 9.95. The lowest BCUT2D eigenvalue weighted by Crippen LogP contribution is -1.97. The molecule has 1 N–H and O–H groups in total. The summed E-state index contributed by atoms with van der Waals surface area (Å²) in [6.45, 7) is 0. The molecule has 0 bridgehead atoms. The van der Waals surface area contributed by atoms with Crippen LogP contribution in [-0.2, 0) is 0 Å². The summed E-state index contributed by atoms with van der Waals surface area (Å²) < 4.78 is 6.28. The Hall–Kier alpha value is -4.30. The van der Waals surface area contributed by atoms with E-state index in [9.17, 15) is 0 Å². The van der Waals surface area contributed by atoms with E-state index in [4.69, 9.17) is 4.42 Å². The van der Waals surface area contributed by atoms with E-state index in [2.05, 4.69) is 102 Å². The minimum absolute atomic E-state index is 0.871. The molecule has 0 saturated heterocycles. The molecule has 0 aliphatic rings. The fourth-order valence-electron chi connectivity index (χ4n) is 4.38. The number of anilines is 2. The molecule has 1 heterocycles. The molecule has 0 radical (unpaired) electrons. The Morgan fingerprint density at radius 2 is 1.03 bits per heavy atom. The molecule has 0 amide bonds. The number of nitrogens with one attached hydrogen (secondary N) is 1. The molecule has 6 aromatic rings. The molecule has 0 aliphatic carbocycles. The molecule has 5 aromatic carbocycles. The lowest BCUT2D eigenvalue weighted by Gasteiger charge is -2.18. The minimum atomic E-state index is 0.871. The molecule has 152 valence electrons. The van der Waals surface area contributed by atoms with E-state index in [1.165, 1.54) is 11.1 Å². The van der Waals surface area contributed by atoms with Crippen molar-refractivity contribution < 1.29 is 4.42 Å². The van der Waals surface area contributed by atoms with Gasteiger partial charge in [0.25, 0.3) is 0 Å². The van der Waals surface area contributed by atoms with Gasteiger partial charge in [0, 0.05) is 21.9 Å². The Morgan fingerprint density at radius 3 is 1.72 bits per heavy atom. The molecule has 0 saturated carbocycles. The second-order valence-electron chi connectivity index (χ2n) is 7.87. The molecule has 2 heteroatoms. The van der Waals surface area contributed by atoms with E-state index >= 15 is 0 Å². The number of para-hydroxylation sites is 3. The molecular weight excluding hydrogens is 390 g/mol. The third kappa shape index (κ3) is 3.14. The maximum atomic E-state index is 6.28. The summed E-state index contributed by atoms with van der Waals surface area (Å²) in [5.74, 6) is 0. The molecule has 0 atom stereocenters. The monoisotopic (exact) mass is 411 g/mol.